The zero-order chi connectivity index (χ0) is 11.8. The average Bonchev–Trinajstić information content (AvgIpc) is 2.78. The molecular weight excluding hydrogens is 208 g/mol. The van der Waals surface area contributed by atoms with Crippen molar-refractivity contribution in [3.63, 3.8) is 0 Å². The van der Waals surface area contributed by atoms with Crippen molar-refractivity contribution in [2.24, 2.45) is 0 Å². The van der Waals surface area contributed by atoms with Crippen LogP contribution in [0.15, 0.2) is 12.3 Å². The summed E-state index contributed by atoms with van der Waals surface area (Å²) in [5.74, 6) is 0.480. The summed E-state index contributed by atoms with van der Waals surface area (Å²) in [4.78, 5) is 11.6. The zero-order valence-corrected chi connectivity index (χ0v) is 9.77. The molecule has 0 atom stereocenters. The lowest BCUT2D eigenvalue weighted by Crippen LogP contribution is -2.27. The smallest absolute Gasteiger partial charge is 0.435 e. The number of hydrogen-bond donors (Lipinski definition) is 0. The monoisotopic (exact) mass is 224 g/mol. The molecule has 0 aromatic carbocycles. The molecule has 2 rings (SSSR count). The van der Waals surface area contributed by atoms with Crippen LogP contribution in [0.2, 0.25) is 0 Å². The van der Waals surface area contributed by atoms with Gasteiger partial charge in [0.05, 0.1) is 0 Å². The highest BCUT2D eigenvalue weighted by molar-refractivity contribution is 5.69. The molecule has 16 heavy (non-hydrogen) atoms. The number of carbonyl (C=O) groups is 1. The van der Waals surface area contributed by atoms with E-state index in [0.717, 1.165) is 17.5 Å². The molecule has 0 radical (unpaired) electrons. The molecule has 1 aromatic heterocycles. The minimum absolute atomic E-state index is 0.280. The summed E-state index contributed by atoms with van der Waals surface area (Å²) >= 11 is 0. The van der Waals surface area contributed by atoms with Crippen LogP contribution in [0.5, 0.6) is 5.88 Å². The maximum absolute atomic E-state index is 11.6. The SMILES string of the molecule is CC(C)(C)OC(=O)n1ccc(OC2CC2)n1. The maximum Gasteiger partial charge on any atom is 0.435 e. The van der Waals surface area contributed by atoms with E-state index in [1.54, 1.807) is 12.3 Å². The molecule has 88 valence electrons. The fourth-order valence-corrected chi connectivity index (χ4v) is 1.14. The Kier molecular flexibility index (Phi) is 2.61. The van der Waals surface area contributed by atoms with Gasteiger partial charge in [-0.15, -0.1) is 5.10 Å². The Balaban J connectivity index is 1.97. The third kappa shape index (κ3) is 2.98. The first-order valence-electron chi connectivity index (χ1n) is 5.40. The quantitative estimate of drug-likeness (QED) is 0.772. The van der Waals surface area contributed by atoms with Gasteiger partial charge in [0.15, 0.2) is 0 Å². The van der Waals surface area contributed by atoms with Crippen LogP contribution in [0, 0.1) is 0 Å². The van der Waals surface area contributed by atoms with Gasteiger partial charge in [-0.05, 0) is 33.6 Å². The van der Waals surface area contributed by atoms with Crippen molar-refractivity contribution in [3.8, 4) is 5.88 Å². The number of ether oxygens (including phenoxy) is 2. The van der Waals surface area contributed by atoms with Crippen LogP contribution in [-0.2, 0) is 4.74 Å². The Labute approximate surface area is 94.3 Å². The van der Waals surface area contributed by atoms with Crippen molar-refractivity contribution in [1.29, 1.82) is 0 Å². The number of carbonyl (C=O) groups excluding carboxylic acids is 1. The van der Waals surface area contributed by atoms with E-state index in [-0.39, 0.29) is 6.10 Å². The Morgan fingerprint density at radius 1 is 1.50 bits per heavy atom. The van der Waals surface area contributed by atoms with E-state index < -0.39 is 11.7 Å². The standard InChI is InChI=1S/C11H16N2O3/c1-11(2,3)16-10(14)13-7-6-9(12-13)15-8-4-5-8/h6-8H,4-5H2,1-3H3. The van der Waals surface area contributed by atoms with Crippen LogP contribution in [0.3, 0.4) is 0 Å². The van der Waals surface area contributed by atoms with E-state index in [1.165, 1.54) is 0 Å². The van der Waals surface area contributed by atoms with Crippen molar-refractivity contribution in [2.45, 2.75) is 45.3 Å². The van der Waals surface area contributed by atoms with Crippen LogP contribution in [0.25, 0.3) is 0 Å². The number of hydrogen-bond acceptors (Lipinski definition) is 4. The molecular formula is C11H16N2O3. The van der Waals surface area contributed by atoms with Crippen molar-refractivity contribution >= 4 is 6.09 Å². The highest BCUT2D eigenvalue weighted by atomic mass is 16.6. The molecule has 0 amide bonds. The summed E-state index contributed by atoms with van der Waals surface area (Å²) in [6, 6.07) is 1.67. The molecule has 1 heterocycles. The third-order valence-corrected chi connectivity index (χ3v) is 1.96. The van der Waals surface area contributed by atoms with Gasteiger partial charge in [-0.1, -0.05) is 0 Å². The van der Waals surface area contributed by atoms with Gasteiger partial charge in [0.2, 0.25) is 5.88 Å². The van der Waals surface area contributed by atoms with Gasteiger partial charge < -0.3 is 9.47 Å². The van der Waals surface area contributed by atoms with Crippen LogP contribution in [-0.4, -0.2) is 27.6 Å². The summed E-state index contributed by atoms with van der Waals surface area (Å²) in [7, 11) is 0. The predicted octanol–water partition coefficient (Wildman–Crippen LogP) is 2.21. The Morgan fingerprint density at radius 2 is 2.19 bits per heavy atom. The van der Waals surface area contributed by atoms with Crippen molar-refractivity contribution in [3.05, 3.63) is 12.3 Å². The Bertz CT molecular complexity index is 388. The lowest BCUT2D eigenvalue weighted by molar-refractivity contribution is 0.0511. The van der Waals surface area contributed by atoms with Crippen LogP contribution in [0.4, 0.5) is 4.79 Å². The second-order valence-corrected chi connectivity index (χ2v) is 4.90. The maximum atomic E-state index is 11.6. The normalized spacial score (nSPS) is 15.9. The average molecular weight is 224 g/mol. The molecule has 5 nitrogen and oxygen atoms in total. The minimum Gasteiger partial charge on any atom is -0.473 e. The molecule has 0 spiro atoms. The molecule has 0 bridgehead atoms. The lowest BCUT2D eigenvalue weighted by atomic mass is 10.2. The van der Waals surface area contributed by atoms with E-state index >= 15 is 0 Å². The summed E-state index contributed by atoms with van der Waals surface area (Å²) in [5.41, 5.74) is -0.513. The van der Waals surface area contributed by atoms with Gasteiger partial charge in [0.1, 0.15) is 11.7 Å². The molecule has 0 aliphatic heterocycles. The highest BCUT2D eigenvalue weighted by Gasteiger charge is 2.25. The first kappa shape index (κ1) is 11.0. The topological polar surface area (TPSA) is 53.4 Å². The Hall–Kier alpha value is -1.52. The molecule has 1 aliphatic rings. The molecule has 0 saturated heterocycles. The van der Waals surface area contributed by atoms with Gasteiger partial charge in [0, 0.05) is 12.3 Å². The second-order valence-electron chi connectivity index (χ2n) is 4.90. The highest BCUT2D eigenvalue weighted by Crippen LogP contribution is 2.25. The number of nitrogens with zero attached hydrogens (tertiary/aromatic N) is 2. The molecule has 1 aliphatic carbocycles. The minimum atomic E-state index is -0.513. The summed E-state index contributed by atoms with van der Waals surface area (Å²) in [6.45, 7) is 5.45. The lowest BCUT2D eigenvalue weighted by Gasteiger charge is -2.18. The van der Waals surface area contributed by atoms with Crippen LogP contribution >= 0.6 is 0 Å². The molecule has 0 N–H and O–H groups in total. The van der Waals surface area contributed by atoms with E-state index in [0.29, 0.717) is 5.88 Å². The molecule has 0 unspecified atom stereocenters. The fraction of sp³-hybridized carbons (Fsp3) is 0.636. The summed E-state index contributed by atoms with van der Waals surface area (Å²) < 4.78 is 11.8. The van der Waals surface area contributed by atoms with Gasteiger partial charge in [0.25, 0.3) is 0 Å². The number of aromatic nitrogens is 2. The molecule has 1 aromatic rings. The Morgan fingerprint density at radius 3 is 2.75 bits per heavy atom. The van der Waals surface area contributed by atoms with Crippen LogP contribution in [0.1, 0.15) is 33.6 Å². The first-order valence-corrected chi connectivity index (χ1v) is 5.40. The fourth-order valence-electron chi connectivity index (χ4n) is 1.14. The van der Waals surface area contributed by atoms with Gasteiger partial charge >= 0.3 is 6.09 Å². The second kappa shape index (κ2) is 3.81. The number of rotatable bonds is 2. The van der Waals surface area contributed by atoms with E-state index in [9.17, 15) is 4.79 Å². The van der Waals surface area contributed by atoms with Gasteiger partial charge in [-0.3, -0.25) is 0 Å². The van der Waals surface area contributed by atoms with Crippen molar-refractivity contribution in [1.82, 2.24) is 9.78 Å². The van der Waals surface area contributed by atoms with Crippen molar-refractivity contribution in [2.75, 3.05) is 0 Å². The first-order chi connectivity index (χ1) is 7.44. The third-order valence-electron chi connectivity index (χ3n) is 1.96. The van der Waals surface area contributed by atoms with E-state index in [2.05, 4.69) is 5.10 Å². The molecule has 1 fully saturated rings. The van der Waals surface area contributed by atoms with Gasteiger partial charge in [-0.2, -0.15) is 4.68 Å². The van der Waals surface area contributed by atoms with Crippen LogP contribution < -0.4 is 4.74 Å². The summed E-state index contributed by atoms with van der Waals surface area (Å²) in [5, 5.41) is 3.99. The summed E-state index contributed by atoms with van der Waals surface area (Å²) in [6.07, 6.45) is 3.48. The van der Waals surface area contributed by atoms with Gasteiger partial charge in [-0.25, -0.2) is 4.79 Å². The molecule has 1 saturated carbocycles. The van der Waals surface area contributed by atoms with Crippen molar-refractivity contribution < 1.29 is 14.3 Å². The largest absolute Gasteiger partial charge is 0.473 e. The predicted molar refractivity (Wildman–Crippen MR) is 57.5 cm³/mol. The van der Waals surface area contributed by atoms with E-state index in [4.69, 9.17) is 9.47 Å². The van der Waals surface area contributed by atoms with E-state index in [1.807, 2.05) is 20.8 Å². The molecule has 5 heteroatoms. The zero-order valence-electron chi connectivity index (χ0n) is 9.77.